The van der Waals surface area contributed by atoms with Crippen molar-refractivity contribution in [3.05, 3.63) is 0 Å². The molecule has 1 saturated carbocycles. The number of nitrogens with zero attached hydrogens (tertiary/aromatic N) is 1. The summed E-state index contributed by atoms with van der Waals surface area (Å²) in [7, 11) is 0. The second kappa shape index (κ2) is 3.09. The van der Waals surface area contributed by atoms with Crippen molar-refractivity contribution in [2.24, 2.45) is 17.3 Å². The van der Waals surface area contributed by atoms with E-state index < -0.39 is 0 Å². The highest BCUT2D eigenvalue weighted by atomic mass is 16.2. The summed E-state index contributed by atoms with van der Waals surface area (Å²) < 4.78 is 0. The number of hydrogen-bond acceptors (Lipinski definition) is 3. The SMILES string of the molecule is CC1(C)C2C(=O)N(C3CCC(=O)NC3)C(=O)C21. The van der Waals surface area contributed by atoms with Crippen molar-refractivity contribution < 1.29 is 14.4 Å². The molecule has 3 atom stereocenters. The van der Waals surface area contributed by atoms with Crippen molar-refractivity contribution in [1.82, 2.24) is 10.2 Å². The number of hydrogen-bond donors (Lipinski definition) is 1. The molecule has 1 N–H and O–H groups in total. The fourth-order valence-corrected chi connectivity index (χ4v) is 3.27. The quantitative estimate of drug-likeness (QED) is 0.647. The fourth-order valence-electron chi connectivity index (χ4n) is 3.27. The lowest BCUT2D eigenvalue weighted by Crippen LogP contribution is -2.52. The van der Waals surface area contributed by atoms with Crippen LogP contribution in [0.5, 0.6) is 0 Å². The summed E-state index contributed by atoms with van der Waals surface area (Å²) in [5, 5.41) is 2.72. The van der Waals surface area contributed by atoms with Gasteiger partial charge in [0.25, 0.3) is 0 Å². The lowest BCUT2D eigenvalue weighted by atomic mass is 10.0. The molecule has 17 heavy (non-hydrogen) atoms. The minimum atomic E-state index is -0.150. The summed E-state index contributed by atoms with van der Waals surface area (Å²) >= 11 is 0. The van der Waals surface area contributed by atoms with Gasteiger partial charge in [-0.15, -0.1) is 0 Å². The molecule has 3 unspecified atom stereocenters. The lowest BCUT2D eigenvalue weighted by molar-refractivity contribution is -0.147. The van der Waals surface area contributed by atoms with E-state index in [1.807, 2.05) is 13.8 Å². The highest BCUT2D eigenvalue weighted by molar-refractivity contribution is 6.10. The minimum Gasteiger partial charge on any atom is -0.354 e. The number of piperidine rings is 2. The largest absolute Gasteiger partial charge is 0.354 e. The Morgan fingerprint density at radius 3 is 2.24 bits per heavy atom. The van der Waals surface area contributed by atoms with E-state index in [1.165, 1.54) is 4.90 Å². The predicted molar refractivity (Wildman–Crippen MR) is 58.6 cm³/mol. The zero-order valence-electron chi connectivity index (χ0n) is 10.0. The molecule has 0 bridgehead atoms. The third kappa shape index (κ3) is 1.28. The molecule has 3 amide bonds. The van der Waals surface area contributed by atoms with Crippen molar-refractivity contribution in [1.29, 1.82) is 0 Å². The van der Waals surface area contributed by atoms with Gasteiger partial charge in [0, 0.05) is 13.0 Å². The van der Waals surface area contributed by atoms with Crippen molar-refractivity contribution >= 4 is 17.7 Å². The zero-order chi connectivity index (χ0) is 12.4. The van der Waals surface area contributed by atoms with Crippen LogP contribution in [0.25, 0.3) is 0 Å². The highest BCUT2D eigenvalue weighted by Gasteiger charge is 2.73. The van der Waals surface area contributed by atoms with E-state index in [2.05, 4.69) is 5.32 Å². The molecule has 2 aliphatic heterocycles. The maximum absolute atomic E-state index is 12.1. The Hall–Kier alpha value is -1.39. The first-order valence-corrected chi connectivity index (χ1v) is 6.08. The van der Waals surface area contributed by atoms with E-state index in [-0.39, 0.29) is 41.0 Å². The van der Waals surface area contributed by atoms with E-state index in [9.17, 15) is 14.4 Å². The Labute approximate surface area is 99.5 Å². The van der Waals surface area contributed by atoms with Gasteiger partial charge in [-0.2, -0.15) is 0 Å². The second-order valence-corrected chi connectivity index (χ2v) is 5.82. The van der Waals surface area contributed by atoms with Gasteiger partial charge < -0.3 is 5.32 Å². The fraction of sp³-hybridized carbons (Fsp3) is 0.750. The van der Waals surface area contributed by atoms with Crippen LogP contribution in [-0.4, -0.2) is 35.2 Å². The number of fused-ring (bicyclic) bond motifs is 1. The molecule has 3 aliphatic rings. The Kier molecular flexibility index (Phi) is 1.95. The monoisotopic (exact) mass is 236 g/mol. The lowest BCUT2D eigenvalue weighted by Gasteiger charge is -2.32. The Morgan fingerprint density at radius 2 is 1.76 bits per heavy atom. The van der Waals surface area contributed by atoms with E-state index >= 15 is 0 Å². The number of likely N-dealkylation sites (tertiary alicyclic amines) is 1. The van der Waals surface area contributed by atoms with Crippen LogP contribution in [0.4, 0.5) is 0 Å². The third-order valence-corrected chi connectivity index (χ3v) is 4.44. The smallest absolute Gasteiger partial charge is 0.234 e. The van der Waals surface area contributed by atoms with Crippen LogP contribution in [0.1, 0.15) is 26.7 Å². The highest BCUT2D eigenvalue weighted by Crippen LogP contribution is 2.63. The van der Waals surface area contributed by atoms with E-state index in [1.54, 1.807) is 0 Å². The first kappa shape index (κ1) is 10.7. The van der Waals surface area contributed by atoms with E-state index in [0.717, 1.165) is 0 Å². The summed E-state index contributed by atoms with van der Waals surface area (Å²) in [4.78, 5) is 36.8. The molecule has 0 radical (unpaired) electrons. The van der Waals surface area contributed by atoms with E-state index in [4.69, 9.17) is 0 Å². The van der Waals surface area contributed by atoms with Gasteiger partial charge in [0.1, 0.15) is 0 Å². The standard InChI is InChI=1S/C12H16N2O3/c1-12(2)8-9(12)11(17)14(10(8)16)6-3-4-7(15)13-5-6/h6,8-9H,3-5H2,1-2H3,(H,13,15). The van der Waals surface area contributed by atoms with Gasteiger partial charge in [-0.25, -0.2) is 0 Å². The molecule has 3 rings (SSSR count). The number of carbonyl (C=O) groups is 3. The topological polar surface area (TPSA) is 66.5 Å². The molecule has 0 aromatic heterocycles. The summed E-state index contributed by atoms with van der Waals surface area (Å²) in [6.07, 6.45) is 1.00. The average Bonchev–Trinajstić information content (AvgIpc) is 2.72. The molecule has 0 aromatic carbocycles. The Bertz CT molecular complexity index is 395. The molecule has 0 spiro atoms. The van der Waals surface area contributed by atoms with Gasteiger partial charge in [0.15, 0.2) is 0 Å². The van der Waals surface area contributed by atoms with Crippen LogP contribution in [-0.2, 0) is 14.4 Å². The van der Waals surface area contributed by atoms with Crippen LogP contribution < -0.4 is 5.32 Å². The maximum Gasteiger partial charge on any atom is 0.234 e. The van der Waals surface area contributed by atoms with Gasteiger partial charge in [0.2, 0.25) is 17.7 Å². The molecular formula is C12H16N2O3. The maximum atomic E-state index is 12.1. The number of nitrogens with one attached hydrogen (secondary N) is 1. The minimum absolute atomic E-state index is 0.00540. The number of imide groups is 1. The van der Waals surface area contributed by atoms with Crippen LogP contribution in [0.2, 0.25) is 0 Å². The molecule has 1 aliphatic carbocycles. The summed E-state index contributed by atoms with van der Waals surface area (Å²) in [5.74, 6) is -0.302. The molecule has 0 aromatic rings. The summed E-state index contributed by atoms with van der Waals surface area (Å²) in [6.45, 7) is 4.35. The number of rotatable bonds is 1. The molecule has 5 heteroatoms. The van der Waals surface area contributed by atoms with Gasteiger partial charge in [-0.3, -0.25) is 19.3 Å². The van der Waals surface area contributed by atoms with Gasteiger partial charge in [-0.1, -0.05) is 13.8 Å². The number of amides is 3. The van der Waals surface area contributed by atoms with Crippen molar-refractivity contribution in [2.75, 3.05) is 6.54 Å². The first-order valence-electron chi connectivity index (χ1n) is 6.08. The van der Waals surface area contributed by atoms with Gasteiger partial charge in [0.05, 0.1) is 17.9 Å². The van der Waals surface area contributed by atoms with Crippen LogP contribution >= 0.6 is 0 Å². The van der Waals surface area contributed by atoms with Gasteiger partial charge >= 0.3 is 0 Å². The van der Waals surface area contributed by atoms with Crippen molar-refractivity contribution in [3.63, 3.8) is 0 Å². The predicted octanol–water partition coefficient (Wildman–Crippen LogP) is -0.0940. The zero-order valence-corrected chi connectivity index (χ0v) is 10.0. The molecule has 5 nitrogen and oxygen atoms in total. The molecule has 3 fully saturated rings. The molecule has 92 valence electrons. The normalized spacial score (nSPS) is 39.1. The van der Waals surface area contributed by atoms with Crippen LogP contribution in [0, 0.1) is 17.3 Å². The first-order chi connectivity index (χ1) is 7.94. The third-order valence-electron chi connectivity index (χ3n) is 4.44. The second-order valence-electron chi connectivity index (χ2n) is 5.82. The average molecular weight is 236 g/mol. The van der Waals surface area contributed by atoms with Crippen LogP contribution in [0.15, 0.2) is 0 Å². The molecule has 2 heterocycles. The van der Waals surface area contributed by atoms with Crippen molar-refractivity contribution in [2.45, 2.75) is 32.7 Å². The van der Waals surface area contributed by atoms with Gasteiger partial charge in [-0.05, 0) is 11.8 Å². The summed E-state index contributed by atoms with van der Waals surface area (Å²) in [6, 6.07) is -0.128. The summed E-state index contributed by atoms with van der Waals surface area (Å²) in [5.41, 5.74) is -0.150. The van der Waals surface area contributed by atoms with Crippen LogP contribution in [0.3, 0.4) is 0 Å². The van der Waals surface area contributed by atoms with E-state index in [0.29, 0.717) is 19.4 Å². The molecular weight excluding hydrogens is 220 g/mol. The molecule has 2 saturated heterocycles. The Balaban J connectivity index is 1.77. The van der Waals surface area contributed by atoms with Crippen molar-refractivity contribution in [3.8, 4) is 0 Å². The Morgan fingerprint density at radius 1 is 1.18 bits per heavy atom. The number of carbonyl (C=O) groups excluding carboxylic acids is 3.